The number of fused-ring (bicyclic) bond motifs is 1. The summed E-state index contributed by atoms with van der Waals surface area (Å²) < 4.78 is 14.0. The molecule has 2 rings (SSSR count). The molecule has 0 aromatic heterocycles. The van der Waals surface area contributed by atoms with Gasteiger partial charge in [-0.1, -0.05) is 40.9 Å². The molecule has 0 aliphatic carbocycles. The van der Waals surface area contributed by atoms with Gasteiger partial charge in [0.15, 0.2) is 0 Å². The average Bonchev–Trinajstić information content (AvgIpc) is 2.68. The molecule has 0 spiro atoms. The van der Waals surface area contributed by atoms with Crippen molar-refractivity contribution in [3.63, 3.8) is 0 Å². The van der Waals surface area contributed by atoms with Crippen molar-refractivity contribution in [1.29, 1.82) is 0 Å². The van der Waals surface area contributed by atoms with Crippen molar-refractivity contribution < 1.29 is 14.0 Å². The number of ketones is 1. The highest BCUT2D eigenvalue weighted by molar-refractivity contribution is 9.09. The topological polar surface area (TPSA) is 37.4 Å². The van der Waals surface area contributed by atoms with E-state index in [9.17, 15) is 14.0 Å². The molecule has 1 atom stereocenters. The maximum atomic E-state index is 14.0. The number of benzene rings is 1. The molecular formula is C14H14BrClFNO2. The van der Waals surface area contributed by atoms with Crippen LogP contribution in [0.5, 0.6) is 0 Å². The minimum atomic E-state index is -0.727. The van der Waals surface area contributed by atoms with Gasteiger partial charge < -0.3 is 4.90 Å². The summed E-state index contributed by atoms with van der Waals surface area (Å²) in [5.74, 6) is -1.85. The van der Waals surface area contributed by atoms with E-state index in [1.165, 1.54) is 17.0 Å². The first-order chi connectivity index (χ1) is 9.51. The third-order valence-electron chi connectivity index (χ3n) is 3.37. The third-order valence-corrected chi connectivity index (χ3v) is 4.60. The Bertz CT molecular complexity index is 564. The van der Waals surface area contributed by atoms with Gasteiger partial charge in [0.05, 0.1) is 16.3 Å². The zero-order valence-corrected chi connectivity index (χ0v) is 13.3. The number of rotatable bonds is 5. The molecule has 108 valence electrons. The number of halogens is 3. The number of nitrogens with zero attached hydrogens (tertiary/aromatic N) is 1. The molecular weight excluding hydrogens is 349 g/mol. The molecule has 6 heteroatoms. The second-order valence-electron chi connectivity index (χ2n) is 4.81. The smallest absolute Gasteiger partial charge is 0.299 e. The minimum Gasteiger partial charge on any atom is -0.302 e. The monoisotopic (exact) mass is 361 g/mol. The van der Waals surface area contributed by atoms with Crippen LogP contribution in [0.15, 0.2) is 12.1 Å². The predicted octanol–water partition coefficient (Wildman–Crippen LogP) is 3.82. The molecule has 0 fully saturated rings. The molecule has 1 heterocycles. The number of amides is 1. The van der Waals surface area contributed by atoms with Crippen LogP contribution >= 0.6 is 27.5 Å². The molecule has 1 aromatic rings. The molecule has 0 bridgehead atoms. The molecule has 1 aliphatic rings. The highest BCUT2D eigenvalue weighted by atomic mass is 79.9. The first-order valence-electron chi connectivity index (χ1n) is 6.41. The summed E-state index contributed by atoms with van der Waals surface area (Å²) in [7, 11) is 0. The van der Waals surface area contributed by atoms with E-state index in [2.05, 4.69) is 15.9 Å². The lowest BCUT2D eigenvalue weighted by molar-refractivity contribution is -0.114. The van der Waals surface area contributed by atoms with Crippen molar-refractivity contribution in [2.24, 2.45) is 5.92 Å². The lowest BCUT2D eigenvalue weighted by Gasteiger charge is -2.22. The van der Waals surface area contributed by atoms with Crippen molar-refractivity contribution in [2.45, 2.75) is 19.8 Å². The second kappa shape index (κ2) is 6.22. The molecule has 20 heavy (non-hydrogen) atoms. The van der Waals surface area contributed by atoms with Crippen LogP contribution in [0, 0.1) is 11.7 Å². The number of Topliss-reactive ketones (excluding diaryl/α,β-unsaturated/α-hetero) is 1. The predicted molar refractivity (Wildman–Crippen MR) is 80.3 cm³/mol. The SMILES string of the molecule is CCCC(CBr)CN1C(=O)C(=O)c2c(Cl)ccc(F)c21. The van der Waals surface area contributed by atoms with Crippen molar-refractivity contribution >= 4 is 44.9 Å². The maximum Gasteiger partial charge on any atom is 0.299 e. The fourth-order valence-electron chi connectivity index (χ4n) is 2.41. The van der Waals surface area contributed by atoms with Gasteiger partial charge in [0.2, 0.25) is 0 Å². The molecule has 0 radical (unpaired) electrons. The Morgan fingerprint density at radius 2 is 2.10 bits per heavy atom. The van der Waals surface area contributed by atoms with Gasteiger partial charge in [-0.15, -0.1) is 0 Å². The summed E-state index contributed by atoms with van der Waals surface area (Å²) in [6, 6.07) is 2.49. The number of hydrogen-bond donors (Lipinski definition) is 0. The van der Waals surface area contributed by atoms with Crippen LogP contribution in [0.4, 0.5) is 10.1 Å². The molecule has 1 aliphatic heterocycles. The maximum absolute atomic E-state index is 14.0. The van der Waals surface area contributed by atoms with Crippen molar-refractivity contribution in [1.82, 2.24) is 0 Å². The molecule has 1 amide bonds. The van der Waals surface area contributed by atoms with Gasteiger partial charge in [-0.3, -0.25) is 9.59 Å². The van der Waals surface area contributed by atoms with Crippen LogP contribution in [0.1, 0.15) is 30.1 Å². The van der Waals surface area contributed by atoms with Crippen molar-refractivity contribution in [3.8, 4) is 0 Å². The average molecular weight is 363 g/mol. The van der Waals surface area contributed by atoms with Crippen LogP contribution in [0.3, 0.4) is 0 Å². The quantitative estimate of drug-likeness (QED) is 0.590. The normalized spacial score (nSPS) is 15.7. The van der Waals surface area contributed by atoms with Crippen molar-refractivity contribution in [3.05, 3.63) is 28.5 Å². The van der Waals surface area contributed by atoms with Gasteiger partial charge in [-0.05, 0) is 24.5 Å². The van der Waals surface area contributed by atoms with E-state index in [-0.39, 0.29) is 22.2 Å². The Balaban J connectivity index is 2.40. The van der Waals surface area contributed by atoms with E-state index < -0.39 is 17.5 Å². The number of alkyl halides is 1. The van der Waals surface area contributed by atoms with E-state index in [0.29, 0.717) is 11.9 Å². The van der Waals surface area contributed by atoms with Gasteiger partial charge in [-0.25, -0.2) is 4.39 Å². The van der Waals surface area contributed by atoms with Gasteiger partial charge in [0.1, 0.15) is 5.82 Å². The molecule has 0 saturated carbocycles. The third kappa shape index (κ3) is 2.61. The summed E-state index contributed by atoms with van der Waals surface area (Å²) >= 11 is 9.31. The van der Waals surface area contributed by atoms with Gasteiger partial charge in [0, 0.05) is 11.9 Å². The van der Waals surface area contributed by atoms with Crippen LogP contribution in [0.25, 0.3) is 0 Å². The standard InChI is InChI=1S/C14H14BrClFNO2/c1-2-3-8(6-15)7-18-12-10(17)5-4-9(16)11(12)13(19)14(18)20/h4-5,8H,2-3,6-7H2,1H3. The summed E-state index contributed by atoms with van der Waals surface area (Å²) in [4.78, 5) is 25.2. The Morgan fingerprint density at radius 3 is 2.70 bits per heavy atom. The van der Waals surface area contributed by atoms with E-state index in [1.54, 1.807) is 0 Å². The Kier molecular flexibility index (Phi) is 4.81. The van der Waals surface area contributed by atoms with Gasteiger partial charge in [-0.2, -0.15) is 0 Å². The van der Waals surface area contributed by atoms with Gasteiger partial charge >= 0.3 is 0 Å². The summed E-state index contributed by atoms with van der Waals surface area (Å²) in [6.45, 7) is 2.35. The van der Waals surface area contributed by atoms with E-state index in [0.717, 1.165) is 12.8 Å². The minimum absolute atomic E-state index is 0.0125. The highest BCUT2D eigenvalue weighted by Gasteiger charge is 2.40. The van der Waals surface area contributed by atoms with E-state index in [1.807, 2.05) is 6.92 Å². The molecule has 1 unspecified atom stereocenters. The van der Waals surface area contributed by atoms with Crippen LogP contribution in [0.2, 0.25) is 5.02 Å². The Hall–Kier alpha value is -0.940. The van der Waals surface area contributed by atoms with E-state index >= 15 is 0 Å². The Morgan fingerprint density at radius 1 is 1.40 bits per heavy atom. The number of hydrogen-bond acceptors (Lipinski definition) is 2. The fraction of sp³-hybridized carbons (Fsp3) is 0.429. The lowest BCUT2D eigenvalue weighted by Crippen LogP contribution is -2.35. The summed E-state index contributed by atoms with van der Waals surface area (Å²) in [5, 5.41) is 0.809. The molecule has 0 saturated heterocycles. The summed E-state index contributed by atoms with van der Waals surface area (Å²) in [5.41, 5.74) is 0.0102. The van der Waals surface area contributed by atoms with Crippen molar-refractivity contribution in [2.75, 3.05) is 16.8 Å². The van der Waals surface area contributed by atoms with E-state index in [4.69, 9.17) is 11.6 Å². The number of anilines is 1. The highest BCUT2D eigenvalue weighted by Crippen LogP contribution is 2.37. The number of carbonyl (C=O) groups excluding carboxylic acids is 2. The zero-order chi connectivity index (χ0) is 14.9. The largest absolute Gasteiger partial charge is 0.302 e. The van der Waals surface area contributed by atoms with Crippen LogP contribution in [-0.4, -0.2) is 23.6 Å². The first-order valence-corrected chi connectivity index (χ1v) is 7.91. The second-order valence-corrected chi connectivity index (χ2v) is 5.86. The zero-order valence-electron chi connectivity index (χ0n) is 11.0. The first kappa shape index (κ1) is 15.4. The van der Waals surface area contributed by atoms with Crippen LogP contribution in [-0.2, 0) is 4.79 Å². The molecule has 3 nitrogen and oxygen atoms in total. The number of carbonyl (C=O) groups is 2. The Labute approximate surface area is 130 Å². The fourth-order valence-corrected chi connectivity index (χ4v) is 3.18. The molecule has 1 aromatic carbocycles. The summed E-state index contributed by atoms with van der Waals surface area (Å²) in [6.07, 6.45) is 1.85. The lowest BCUT2D eigenvalue weighted by atomic mass is 10.1. The van der Waals surface area contributed by atoms with Gasteiger partial charge in [0.25, 0.3) is 11.7 Å². The van der Waals surface area contributed by atoms with Crippen LogP contribution < -0.4 is 4.90 Å². The molecule has 0 N–H and O–H groups in total.